The van der Waals surface area contributed by atoms with Gasteiger partial charge >= 0.3 is 0 Å². The maximum Gasteiger partial charge on any atom is 0.225 e. The fourth-order valence-electron chi connectivity index (χ4n) is 2.42. The standard InChI is InChI=1S/C18H20F2N2O3S/c1-13-5-3-6-14(11-13)12-22(26(2,24)25)10-9-17(23)21-18-15(19)7-4-8-16(18)20/h3-8,11H,9-10,12H2,1-2H3,(H,21,23). The lowest BCUT2D eigenvalue weighted by atomic mass is 10.1. The number of carbonyl (C=O) groups is 1. The molecule has 0 heterocycles. The minimum Gasteiger partial charge on any atom is -0.321 e. The number of nitrogens with zero attached hydrogens (tertiary/aromatic N) is 1. The molecule has 1 amide bonds. The van der Waals surface area contributed by atoms with Crippen LogP contribution in [0.25, 0.3) is 0 Å². The molecule has 1 N–H and O–H groups in total. The number of aryl methyl sites for hydroxylation is 1. The van der Waals surface area contributed by atoms with Gasteiger partial charge in [0.2, 0.25) is 15.9 Å². The molecule has 0 unspecified atom stereocenters. The minimum absolute atomic E-state index is 0.102. The summed E-state index contributed by atoms with van der Waals surface area (Å²) in [6.07, 6.45) is 0.823. The molecule has 0 aliphatic heterocycles. The van der Waals surface area contributed by atoms with Crippen LogP contribution in [0.1, 0.15) is 17.5 Å². The molecule has 2 rings (SSSR count). The highest BCUT2D eigenvalue weighted by atomic mass is 32.2. The van der Waals surface area contributed by atoms with E-state index in [1.807, 2.05) is 25.1 Å². The number of rotatable bonds is 7. The average molecular weight is 382 g/mol. The summed E-state index contributed by atoms with van der Waals surface area (Å²) in [7, 11) is -3.56. The molecular weight excluding hydrogens is 362 g/mol. The van der Waals surface area contributed by atoms with E-state index in [9.17, 15) is 22.0 Å². The Morgan fingerprint density at radius 2 is 1.73 bits per heavy atom. The topological polar surface area (TPSA) is 66.5 Å². The van der Waals surface area contributed by atoms with Crippen LogP contribution in [-0.4, -0.2) is 31.4 Å². The second kappa shape index (κ2) is 8.37. The van der Waals surface area contributed by atoms with Crippen LogP contribution in [0.2, 0.25) is 0 Å². The Hall–Kier alpha value is -2.32. The lowest BCUT2D eigenvalue weighted by Gasteiger charge is -2.20. The number of hydrogen-bond acceptors (Lipinski definition) is 3. The molecule has 140 valence electrons. The van der Waals surface area contributed by atoms with Crippen LogP contribution in [0.3, 0.4) is 0 Å². The zero-order valence-corrected chi connectivity index (χ0v) is 15.3. The highest BCUT2D eigenvalue weighted by Gasteiger charge is 2.19. The maximum absolute atomic E-state index is 13.6. The van der Waals surface area contributed by atoms with Crippen LogP contribution < -0.4 is 5.32 Å². The first-order valence-electron chi connectivity index (χ1n) is 7.91. The molecule has 0 saturated heterocycles. The van der Waals surface area contributed by atoms with Gasteiger partial charge in [-0.15, -0.1) is 0 Å². The molecule has 5 nitrogen and oxygen atoms in total. The summed E-state index contributed by atoms with van der Waals surface area (Å²) in [6, 6.07) is 10.6. The lowest BCUT2D eigenvalue weighted by Crippen LogP contribution is -2.32. The average Bonchev–Trinajstić information content (AvgIpc) is 2.54. The first-order valence-corrected chi connectivity index (χ1v) is 9.76. The highest BCUT2D eigenvalue weighted by molar-refractivity contribution is 7.88. The van der Waals surface area contributed by atoms with Crippen LogP contribution in [0.4, 0.5) is 14.5 Å². The number of halogens is 2. The third-order valence-electron chi connectivity index (χ3n) is 3.73. The molecule has 0 spiro atoms. The van der Waals surface area contributed by atoms with Crippen LogP contribution in [0.15, 0.2) is 42.5 Å². The van der Waals surface area contributed by atoms with Gasteiger partial charge in [0.15, 0.2) is 0 Å². The molecule has 2 aromatic carbocycles. The number of anilines is 1. The Morgan fingerprint density at radius 1 is 1.12 bits per heavy atom. The van der Waals surface area contributed by atoms with Crippen LogP contribution in [0, 0.1) is 18.6 Å². The van der Waals surface area contributed by atoms with Crippen molar-refractivity contribution in [3.8, 4) is 0 Å². The molecule has 2 aromatic rings. The Morgan fingerprint density at radius 3 is 2.31 bits per heavy atom. The SMILES string of the molecule is Cc1cccc(CN(CCC(=O)Nc2c(F)cccc2F)S(C)(=O)=O)c1. The fraction of sp³-hybridized carbons (Fsp3) is 0.278. The van der Waals surface area contributed by atoms with Gasteiger partial charge in [0.25, 0.3) is 0 Å². The zero-order valence-electron chi connectivity index (χ0n) is 14.5. The van der Waals surface area contributed by atoms with Crippen molar-refractivity contribution in [2.45, 2.75) is 19.9 Å². The third-order valence-corrected chi connectivity index (χ3v) is 4.98. The largest absolute Gasteiger partial charge is 0.321 e. The maximum atomic E-state index is 13.6. The summed E-state index contributed by atoms with van der Waals surface area (Å²) in [5, 5.41) is 2.15. The summed E-state index contributed by atoms with van der Waals surface area (Å²) < 4.78 is 52.2. The van der Waals surface area contributed by atoms with Gasteiger partial charge < -0.3 is 5.32 Å². The van der Waals surface area contributed by atoms with Crippen LogP contribution in [-0.2, 0) is 21.4 Å². The van der Waals surface area contributed by atoms with Gasteiger partial charge in [0, 0.05) is 19.5 Å². The zero-order chi connectivity index (χ0) is 19.3. The second-order valence-corrected chi connectivity index (χ2v) is 7.96. The van der Waals surface area contributed by atoms with E-state index in [2.05, 4.69) is 5.32 Å². The summed E-state index contributed by atoms with van der Waals surface area (Å²) in [5.74, 6) is -2.46. The van der Waals surface area contributed by atoms with Crippen molar-refractivity contribution < 1.29 is 22.0 Å². The molecule has 0 aliphatic carbocycles. The lowest BCUT2D eigenvalue weighted by molar-refractivity contribution is -0.116. The fourth-order valence-corrected chi connectivity index (χ4v) is 3.23. The summed E-state index contributed by atoms with van der Waals surface area (Å²) in [4.78, 5) is 12.0. The van der Waals surface area contributed by atoms with E-state index in [0.29, 0.717) is 0 Å². The van der Waals surface area contributed by atoms with E-state index in [1.165, 1.54) is 6.07 Å². The molecule has 0 atom stereocenters. The monoisotopic (exact) mass is 382 g/mol. The summed E-state index contributed by atoms with van der Waals surface area (Å²) >= 11 is 0. The van der Waals surface area contributed by atoms with E-state index in [4.69, 9.17) is 0 Å². The van der Waals surface area contributed by atoms with Crippen molar-refractivity contribution in [1.82, 2.24) is 4.31 Å². The van der Waals surface area contributed by atoms with E-state index in [1.54, 1.807) is 6.07 Å². The van der Waals surface area contributed by atoms with Gasteiger partial charge in [0.1, 0.15) is 17.3 Å². The van der Waals surface area contributed by atoms with Gasteiger partial charge in [-0.3, -0.25) is 4.79 Å². The van der Waals surface area contributed by atoms with Crippen molar-refractivity contribution >= 4 is 21.6 Å². The van der Waals surface area contributed by atoms with Gasteiger partial charge in [-0.1, -0.05) is 35.9 Å². The minimum atomic E-state index is -3.56. The van der Waals surface area contributed by atoms with Crippen molar-refractivity contribution in [3.63, 3.8) is 0 Å². The quantitative estimate of drug-likeness (QED) is 0.800. The molecule has 0 aromatic heterocycles. The van der Waals surface area contributed by atoms with Gasteiger partial charge in [0.05, 0.1) is 6.26 Å². The van der Waals surface area contributed by atoms with Gasteiger partial charge in [-0.05, 0) is 24.6 Å². The first kappa shape index (κ1) is 20.0. The Balaban J connectivity index is 2.04. The van der Waals surface area contributed by atoms with Crippen molar-refractivity contribution in [1.29, 1.82) is 0 Å². The number of sulfonamides is 1. The first-order chi connectivity index (χ1) is 12.2. The van der Waals surface area contributed by atoms with Crippen molar-refractivity contribution in [3.05, 3.63) is 65.2 Å². The molecule has 0 fully saturated rings. The number of hydrogen-bond donors (Lipinski definition) is 1. The molecule has 26 heavy (non-hydrogen) atoms. The third kappa shape index (κ3) is 5.60. The predicted molar refractivity (Wildman–Crippen MR) is 96.0 cm³/mol. The predicted octanol–water partition coefficient (Wildman–Crippen LogP) is 3.06. The molecular formula is C18H20F2N2O3S. The van der Waals surface area contributed by atoms with Crippen LogP contribution in [0.5, 0.6) is 0 Å². The summed E-state index contributed by atoms with van der Waals surface area (Å²) in [5.41, 5.74) is 1.24. The molecule has 8 heteroatoms. The molecule has 0 bridgehead atoms. The van der Waals surface area contributed by atoms with E-state index < -0.39 is 33.3 Å². The smallest absolute Gasteiger partial charge is 0.225 e. The Kier molecular flexibility index (Phi) is 6.44. The molecule has 0 saturated carbocycles. The summed E-state index contributed by atoms with van der Waals surface area (Å²) in [6.45, 7) is 1.90. The normalized spacial score (nSPS) is 11.6. The highest BCUT2D eigenvalue weighted by Crippen LogP contribution is 2.18. The second-order valence-electron chi connectivity index (χ2n) is 5.98. The molecule has 0 aliphatic rings. The number of carbonyl (C=O) groups excluding carboxylic acids is 1. The van der Waals surface area contributed by atoms with Gasteiger partial charge in [-0.25, -0.2) is 17.2 Å². The number of amides is 1. The Labute approximate surface area is 151 Å². The molecule has 0 radical (unpaired) electrons. The van der Waals surface area contributed by atoms with E-state index in [-0.39, 0.29) is 19.5 Å². The van der Waals surface area contributed by atoms with Gasteiger partial charge in [-0.2, -0.15) is 4.31 Å². The number of para-hydroxylation sites is 1. The van der Waals surface area contributed by atoms with Crippen molar-refractivity contribution in [2.75, 3.05) is 18.1 Å². The number of benzene rings is 2. The van der Waals surface area contributed by atoms with E-state index >= 15 is 0 Å². The number of nitrogens with one attached hydrogen (secondary N) is 1. The Bertz CT molecular complexity index is 881. The van der Waals surface area contributed by atoms with Crippen LogP contribution >= 0.6 is 0 Å². The van der Waals surface area contributed by atoms with Crippen molar-refractivity contribution in [2.24, 2.45) is 0 Å². The van der Waals surface area contributed by atoms with E-state index in [0.717, 1.165) is 33.8 Å².